The Labute approximate surface area is 102 Å². The Balaban J connectivity index is 1.79. The van der Waals surface area contributed by atoms with Crippen molar-refractivity contribution in [1.82, 2.24) is 10.6 Å². The summed E-state index contributed by atoms with van der Waals surface area (Å²) in [6.45, 7) is 6.47. The van der Waals surface area contributed by atoms with Crippen molar-refractivity contribution in [3.05, 3.63) is 0 Å². The standard InChI is InChI=1S/C12H22N2O3/c1-8(10-5-13-6-10)11(15)14-7-12(16)3-4-17-9(12)2/h8-10,13,16H,3-7H2,1-2H3,(H,14,15). The van der Waals surface area contributed by atoms with Gasteiger partial charge < -0.3 is 20.5 Å². The molecule has 2 fully saturated rings. The predicted octanol–water partition coefficient (Wildman–Crippen LogP) is -0.502. The smallest absolute Gasteiger partial charge is 0.223 e. The fraction of sp³-hybridized carbons (Fsp3) is 0.917. The zero-order valence-electron chi connectivity index (χ0n) is 10.5. The van der Waals surface area contributed by atoms with E-state index >= 15 is 0 Å². The van der Waals surface area contributed by atoms with Crippen LogP contribution in [0.25, 0.3) is 0 Å². The Morgan fingerprint density at radius 3 is 2.82 bits per heavy atom. The summed E-state index contributed by atoms with van der Waals surface area (Å²) < 4.78 is 5.33. The average Bonchev–Trinajstić information content (AvgIpc) is 2.54. The molecule has 17 heavy (non-hydrogen) atoms. The number of nitrogens with one attached hydrogen (secondary N) is 2. The van der Waals surface area contributed by atoms with Gasteiger partial charge in [0.05, 0.1) is 6.10 Å². The summed E-state index contributed by atoms with van der Waals surface area (Å²) in [6, 6.07) is 0. The first-order valence-corrected chi connectivity index (χ1v) is 6.35. The van der Waals surface area contributed by atoms with E-state index in [0.717, 1.165) is 13.1 Å². The number of aliphatic hydroxyl groups is 1. The molecule has 98 valence electrons. The first-order valence-electron chi connectivity index (χ1n) is 6.35. The monoisotopic (exact) mass is 242 g/mol. The van der Waals surface area contributed by atoms with Crippen LogP contribution in [0.1, 0.15) is 20.3 Å². The van der Waals surface area contributed by atoms with E-state index in [1.54, 1.807) is 0 Å². The zero-order valence-corrected chi connectivity index (χ0v) is 10.5. The van der Waals surface area contributed by atoms with Crippen molar-refractivity contribution in [3.8, 4) is 0 Å². The molecule has 1 amide bonds. The summed E-state index contributed by atoms with van der Waals surface area (Å²) in [5.41, 5.74) is -0.896. The van der Waals surface area contributed by atoms with E-state index in [2.05, 4.69) is 10.6 Å². The van der Waals surface area contributed by atoms with Gasteiger partial charge in [-0.05, 0) is 25.9 Å². The Morgan fingerprint density at radius 2 is 2.35 bits per heavy atom. The van der Waals surface area contributed by atoms with E-state index in [1.165, 1.54) is 0 Å². The van der Waals surface area contributed by atoms with Crippen LogP contribution in [0.4, 0.5) is 0 Å². The Bertz CT molecular complexity index is 293. The van der Waals surface area contributed by atoms with Crippen LogP contribution in [0, 0.1) is 11.8 Å². The predicted molar refractivity (Wildman–Crippen MR) is 63.5 cm³/mol. The zero-order chi connectivity index (χ0) is 12.5. The lowest BCUT2D eigenvalue weighted by Gasteiger charge is -2.33. The first kappa shape index (κ1) is 12.8. The van der Waals surface area contributed by atoms with Crippen molar-refractivity contribution >= 4 is 5.91 Å². The highest BCUT2D eigenvalue weighted by atomic mass is 16.5. The number of rotatable bonds is 4. The number of carbonyl (C=O) groups excluding carboxylic acids is 1. The number of hydrogen-bond donors (Lipinski definition) is 3. The molecule has 5 heteroatoms. The quantitative estimate of drug-likeness (QED) is 0.621. The number of ether oxygens (including phenoxy) is 1. The van der Waals surface area contributed by atoms with Crippen molar-refractivity contribution in [2.24, 2.45) is 11.8 Å². The summed E-state index contributed by atoms with van der Waals surface area (Å²) >= 11 is 0. The summed E-state index contributed by atoms with van der Waals surface area (Å²) in [4.78, 5) is 11.9. The molecule has 0 aromatic rings. The second kappa shape index (κ2) is 4.92. The molecule has 0 aromatic carbocycles. The molecule has 2 aliphatic rings. The van der Waals surface area contributed by atoms with Crippen molar-refractivity contribution in [2.75, 3.05) is 26.2 Å². The van der Waals surface area contributed by atoms with Gasteiger partial charge in [-0.15, -0.1) is 0 Å². The molecule has 2 heterocycles. The number of hydrogen-bond acceptors (Lipinski definition) is 4. The van der Waals surface area contributed by atoms with Gasteiger partial charge in [-0.1, -0.05) is 6.92 Å². The second-order valence-corrected chi connectivity index (χ2v) is 5.29. The van der Waals surface area contributed by atoms with Gasteiger partial charge in [-0.25, -0.2) is 0 Å². The molecule has 0 aliphatic carbocycles. The normalized spacial score (nSPS) is 35.4. The van der Waals surface area contributed by atoms with Crippen molar-refractivity contribution in [2.45, 2.75) is 32.0 Å². The maximum atomic E-state index is 11.9. The van der Waals surface area contributed by atoms with Gasteiger partial charge in [0.25, 0.3) is 0 Å². The van der Waals surface area contributed by atoms with Crippen LogP contribution < -0.4 is 10.6 Å². The molecule has 0 spiro atoms. The summed E-state index contributed by atoms with van der Waals surface area (Å²) in [6.07, 6.45) is 0.386. The minimum atomic E-state index is -0.896. The van der Waals surface area contributed by atoms with Crippen LogP contribution in [0.2, 0.25) is 0 Å². The summed E-state index contributed by atoms with van der Waals surface area (Å²) in [7, 11) is 0. The lowest BCUT2D eigenvalue weighted by Crippen LogP contribution is -2.53. The summed E-state index contributed by atoms with van der Waals surface area (Å²) in [5, 5.41) is 16.3. The maximum absolute atomic E-state index is 11.9. The molecule has 5 nitrogen and oxygen atoms in total. The van der Waals surface area contributed by atoms with Crippen molar-refractivity contribution in [3.63, 3.8) is 0 Å². The van der Waals surface area contributed by atoms with Crippen LogP contribution >= 0.6 is 0 Å². The van der Waals surface area contributed by atoms with Crippen molar-refractivity contribution < 1.29 is 14.6 Å². The van der Waals surface area contributed by atoms with Crippen LogP contribution in [0.15, 0.2) is 0 Å². The maximum Gasteiger partial charge on any atom is 0.223 e. The first-order chi connectivity index (χ1) is 8.03. The third kappa shape index (κ3) is 2.61. The van der Waals surface area contributed by atoms with E-state index in [1.807, 2.05) is 13.8 Å². The Kier molecular flexibility index (Phi) is 3.70. The third-order valence-electron chi connectivity index (χ3n) is 4.16. The van der Waals surface area contributed by atoms with Gasteiger partial charge in [0, 0.05) is 25.5 Å². The van der Waals surface area contributed by atoms with Crippen LogP contribution in [-0.2, 0) is 9.53 Å². The molecule has 0 saturated carbocycles. The topological polar surface area (TPSA) is 70.6 Å². The van der Waals surface area contributed by atoms with Crippen LogP contribution in [-0.4, -0.2) is 49.0 Å². The molecule has 3 N–H and O–H groups in total. The van der Waals surface area contributed by atoms with Crippen molar-refractivity contribution in [1.29, 1.82) is 0 Å². The molecule has 2 aliphatic heterocycles. The van der Waals surface area contributed by atoms with E-state index in [-0.39, 0.29) is 24.5 Å². The molecular weight excluding hydrogens is 220 g/mol. The van der Waals surface area contributed by atoms with Gasteiger partial charge in [0.2, 0.25) is 5.91 Å². The fourth-order valence-corrected chi connectivity index (χ4v) is 2.28. The minimum Gasteiger partial charge on any atom is -0.385 e. The van der Waals surface area contributed by atoms with E-state index in [4.69, 9.17) is 4.74 Å². The van der Waals surface area contributed by atoms with Crippen LogP contribution in [0.5, 0.6) is 0 Å². The second-order valence-electron chi connectivity index (χ2n) is 5.29. The van der Waals surface area contributed by atoms with Gasteiger partial charge in [-0.3, -0.25) is 4.79 Å². The molecule has 3 atom stereocenters. The molecule has 0 bridgehead atoms. The Hall–Kier alpha value is -0.650. The van der Waals surface area contributed by atoms with E-state index in [0.29, 0.717) is 18.9 Å². The van der Waals surface area contributed by atoms with Crippen LogP contribution in [0.3, 0.4) is 0 Å². The highest BCUT2D eigenvalue weighted by Crippen LogP contribution is 2.25. The largest absolute Gasteiger partial charge is 0.385 e. The summed E-state index contributed by atoms with van der Waals surface area (Å²) in [5.74, 6) is 0.475. The van der Waals surface area contributed by atoms with E-state index in [9.17, 15) is 9.90 Å². The average molecular weight is 242 g/mol. The highest BCUT2D eigenvalue weighted by molar-refractivity contribution is 5.78. The SMILES string of the molecule is CC(C(=O)NCC1(O)CCOC1C)C1CNC1. The van der Waals surface area contributed by atoms with E-state index < -0.39 is 5.60 Å². The highest BCUT2D eigenvalue weighted by Gasteiger charge is 2.40. The van der Waals surface area contributed by atoms with Gasteiger partial charge >= 0.3 is 0 Å². The van der Waals surface area contributed by atoms with Gasteiger partial charge in [0.15, 0.2) is 0 Å². The molecule has 2 rings (SSSR count). The number of carbonyl (C=O) groups is 1. The minimum absolute atomic E-state index is 0.0116. The fourth-order valence-electron chi connectivity index (χ4n) is 2.28. The molecule has 0 radical (unpaired) electrons. The third-order valence-corrected chi connectivity index (χ3v) is 4.16. The Morgan fingerprint density at radius 1 is 1.65 bits per heavy atom. The lowest BCUT2D eigenvalue weighted by molar-refractivity contribution is -0.128. The molecule has 2 saturated heterocycles. The molecular formula is C12H22N2O3. The van der Waals surface area contributed by atoms with Gasteiger partial charge in [-0.2, -0.15) is 0 Å². The lowest BCUT2D eigenvalue weighted by atomic mass is 9.88. The molecule has 3 unspecified atom stereocenters. The molecule has 0 aromatic heterocycles. The van der Waals surface area contributed by atoms with Gasteiger partial charge in [0.1, 0.15) is 5.60 Å². The number of amides is 1.